The fraction of sp³-hybridized carbons (Fsp3) is 0.577. The predicted molar refractivity (Wildman–Crippen MR) is 142 cm³/mol. The van der Waals surface area contributed by atoms with Crippen molar-refractivity contribution in [2.75, 3.05) is 6.54 Å². The fourth-order valence-corrected chi connectivity index (χ4v) is 3.74. The maximum absolute atomic E-state index is 13.3. The second kappa shape index (κ2) is 17.1. The minimum Gasteiger partial charge on any atom is -0.480 e. The number of unbranched alkanes of at least 4 members (excludes halogenated alkanes) is 1. The minimum atomic E-state index is -1.17. The summed E-state index contributed by atoms with van der Waals surface area (Å²) in [6.45, 7) is 3.93. The van der Waals surface area contributed by atoms with Crippen LogP contribution in [0.4, 0.5) is 0 Å². The summed E-state index contributed by atoms with van der Waals surface area (Å²) in [5, 5.41) is 17.4. The lowest BCUT2D eigenvalue weighted by Crippen LogP contribution is -2.58. The third-order valence-corrected chi connectivity index (χ3v) is 6.31. The molecule has 0 aliphatic heterocycles. The summed E-state index contributed by atoms with van der Waals surface area (Å²) in [4.78, 5) is 61.9. The van der Waals surface area contributed by atoms with Crippen LogP contribution >= 0.6 is 0 Å². The zero-order valence-electron chi connectivity index (χ0n) is 22.2. The second-order valence-corrected chi connectivity index (χ2v) is 9.42. The number of benzene rings is 1. The molecule has 5 atom stereocenters. The van der Waals surface area contributed by atoms with Crippen LogP contribution in [0.2, 0.25) is 0 Å². The van der Waals surface area contributed by atoms with E-state index in [1.54, 1.807) is 31.2 Å². The molecule has 38 heavy (non-hydrogen) atoms. The Morgan fingerprint density at radius 3 is 2.05 bits per heavy atom. The molecule has 12 nitrogen and oxygen atoms in total. The molecule has 12 heteroatoms. The number of nitrogens with two attached hydrogens (primary N) is 3. The highest BCUT2D eigenvalue weighted by Crippen LogP contribution is 2.11. The Hall–Kier alpha value is -3.51. The Morgan fingerprint density at radius 1 is 0.895 bits per heavy atom. The van der Waals surface area contributed by atoms with Crippen LogP contribution in [-0.4, -0.2) is 65.4 Å². The van der Waals surface area contributed by atoms with Crippen LogP contribution in [0.5, 0.6) is 0 Å². The summed E-state index contributed by atoms with van der Waals surface area (Å²) in [7, 11) is 0. The summed E-state index contributed by atoms with van der Waals surface area (Å²) in [6, 6.07) is 4.64. The molecule has 0 radical (unpaired) electrons. The molecule has 5 unspecified atom stereocenters. The van der Waals surface area contributed by atoms with Crippen LogP contribution in [0, 0.1) is 5.92 Å². The Bertz CT molecular complexity index is 928. The molecule has 1 aromatic carbocycles. The highest BCUT2D eigenvalue weighted by atomic mass is 16.4. The molecule has 0 saturated heterocycles. The van der Waals surface area contributed by atoms with E-state index in [1.807, 2.05) is 13.0 Å². The third kappa shape index (κ3) is 11.7. The highest BCUT2D eigenvalue weighted by Gasteiger charge is 2.32. The van der Waals surface area contributed by atoms with Gasteiger partial charge in [0.05, 0.1) is 6.04 Å². The Kier molecular flexibility index (Phi) is 14.6. The monoisotopic (exact) mass is 534 g/mol. The summed E-state index contributed by atoms with van der Waals surface area (Å²) in [6.07, 6.45) is 1.93. The maximum Gasteiger partial charge on any atom is 0.326 e. The van der Waals surface area contributed by atoms with E-state index < -0.39 is 53.8 Å². The molecule has 0 bridgehead atoms. The van der Waals surface area contributed by atoms with Crippen molar-refractivity contribution in [2.24, 2.45) is 23.1 Å². The lowest BCUT2D eigenvalue weighted by atomic mass is 9.98. The lowest BCUT2D eigenvalue weighted by Gasteiger charge is -2.26. The first kappa shape index (κ1) is 32.5. The van der Waals surface area contributed by atoms with Gasteiger partial charge in [0.25, 0.3) is 0 Å². The number of carboxylic acids is 1. The van der Waals surface area contributed by atoms with Crippen molar-refractivity contribution in [3.05, 3.63) is 35.9 Å². The van der Waals surface area contributed by atoms with E-state index in [4.69, 9.17) is 17.2 Å². The maximum atomic E-state index is 13.3. The van der Waals surface area contributed by atoms with Gasteiger partial charge in [-0.05, 0) is 43.7 Å². The molecule has 0 heterocycles. The van der Waals surface area contributed by atoms with Gasteiger partial charge >= 0.3 is 5.97 Å². The first-order valence-corrected chi connectivity index (χ1v) is 12.9. The van der Waals surface area contributed by atoms with E-state index in [0.29, 0.717) is 25.8 Å². The number of aliphatic carboxylic acids is 1. The number of primary amides is 1. The topological polar surface area (TPSA) is 220 Å². The largest absolute Gasteiger partial charge is 0.480 e. The number of amides is 4. The summed E-state index contributed by atoms with van der Waals surface area (Å²) < 4.78 is 0. The molecule has 4 amide bonds. The molecule has 0 saturated carbocycles. The van der Waals surface area contributed by atoms with Gasteiger partial charge in [-0.3, -0.25) is 19.2 Å². The smallest absolute Gasteiger partial charge is 0.326 e. The Labute approximate surface area is 223 Å². The quantitative estimate of drug-likeness (QED) is 0.122. The molecule has 1 aromatic rings. The zero-order chi connectivity index (χ0) is 28.7. The number of hydrogen-bond acceptors (Lipinski definition) is 7. The van der Waals surface area contributed by atoms with Gasteiger partial charge in [0.1, 0.15) is 18.1 Å². The molecule has 0 aliphatic carbocycles. The molecular formula is C26H42N6O6. The summed E-state index contributed by atoms with van der Waals surface area (Å²) in [5.74, 6) is -4.02. The molecule has 0 spiro atoms. The van der Waals surface area contributed by atoms with Gasteiger partial charge < -0.3 is 38.3 Å². The van der Waals surface area contributed by atoms with Gasteiger partial charge in [0.15, 0.2) is 0 Å². The standard InChI is InChI=1S/C26H42N6O6/c1-3-16(2)22(26(37)38)32-25(36)20(15-17-9-5-4-6-10-17)31-24(35)19(11-7-8-14-27)30-23(34)18(28)12-13-21(29)33/h4-6,9-10,16,18-20,22H,3,7-8,11-15,27-28H2,1-2H3,(H2,29,33)(H,30,34)(H,31,35)(H,32,36)(H,37,38). The van der Waals surface area contributed by atoms with E-state index in [9.17, 15) is 29.1 Å². The number of rotatable bonds is 18. The summed E-state index contributed by atoms with van der Waals surface area (Å²) in [5.41, 5.74) is 17.3. The third-order valence-electron chi connectivity index (χ3n) is 6.31. The SMILES string of the molecule is CCC(C)C(NC(=O)C(Cc1ccccc1)NC(=O)C(CCCCN)NC(=O)C(N)CCC(N)=O)C(=O)O. The lowest BCUT2D eigenvalue weighted by molar-refractivity contribution is -0.143. The molecule has 1 rings (SSSR count). The van der Waals surface area contributed by atoms with Crippen molar-refractivity contribution < 1.29 is 29.1 Å². The molecule has 0 aliphatic rings. The van der Waals surface area contributed by atoms with Crippen molar-refractivity contribution >= 4 is 29.6 Å². The van der Waals surface area contributed by atoms with Gasteiger partial charge in [0, 0.05) is 12.8 Å². The number of nitrogens with one attached hydrogen (secondary N) is 3. The first-order valence-electron chi connectivity index (χ1n) is 12.9. The van der Waals surface area contributed by atoms with E-state index in [0.717, 1.165) is 5.56 Å². The van der Waals surface area contributed by atoms with Crippen molar-refractivity contribution in [2.45, 2.75) is 83.0 Å². The zero-order valence-corrected chi connectivity index (χ0v) is 22.2. The molecule has 212 valence electrons. The predicted octanol–water partition coefficient (Wildman–Crippen LogP) is -0.464. The first-order chi connectivity index (χ1) is 18.0. The van der Waals surface area contributed by atoms with E-state index in [-0.39, 0.29) is 31.6 Å². The van der Waals surface area contributed by atoms with Gasteiger partial charge in [-0.2, -0.15) is 0 Å². The number of carboxylic acid groups (broad SMARTS) is 1. The average molecular weight is 535 g/mol. The second-order valence-electron chi connectivity index (χ2n) is 9.42. The van der Waals surface area contributed by atoms with Crippen LogP contribution in [0.25, 0.3) is 0 Å². The molecule has 0 fully saturated rings. The number of carbonyl (C=O) groups is 5. The van der Waals surface area contributed by atoms with Crippen molar-refractivity contribution in [3.63, 3.8) is 0 Å². The van der Waals surface area contributed by atoms with Gasteiger partial charge in [-0.1, -0.05) is 50.6 Å². The van der Waals surface area contributed by atoms with Crippen LogP contribution in [0.15, 0.2) is 30.3 Å². The van der Waals surface area contributed by atoms with Gasteiger partial charge in [-0.15, -0.1) is 0 Å². The van der Waals surface area contributed by atoms with E-state index in [2.05, 4.69) is 16.0 Å². The van der Waals surface area contributed by atoms with Crippen LogP contribution in [0.1, 0.15) is 57.9 Å². The normalized spacial score (nSPS) is 14.8. The highest BCUT2D eigenvalue weighted by molar-refractivity contribution is 5.94. The van der Waals surface area contributed by atoms with Crippen molar-refractivity contribution in [3.8, 4) is 0 Å². The fourth-order valence-electron chi connectivity index (χ4n) is 3.74. The van der Waals surface area contributed by atoms with Crippen molar-refractivity contribution in [1.82, 2.24) is 16.0 Å². The summed E-state index contributed by atoms with van der Waals surface area (Å²) >= 11 is 0. The van der Waals surface area contributed by atoms with Gasteiger partial charge in [0.2, 0.25) is 23.6 Å². The van der Waals surface area contributed by atoms with Crippen LogP contribution < -0.4 is 33.2 Å². The minimum absolute atomic E-state index is 0.0174. The Balaban J connectivity index is 3.12. The number of carbonyl (C=O) groups excluding carboxylic acids is 4. The number of hydrogen-bond donors (Lipinski definition) is 7. The van der Waals surface area contributed by atoms with Crippen LogP contribution in [0.3, 0.4) is 0 Å². The van der Waals surface area contributed by atoms with Gasteiger partial charge in [-0.25, -0.2) is 4.79 Å². The van der Waals surface area contributed by atoms with Crippen LogP contribution in [-0.2, 0) is 30.4 Å². The average Bonchev–Trinajstić information content (AvgIpc) is 2.88. The van der Waals surface area contributed by atoms with E-state index >= 15 is 0 Å². The Morgan fingerprint density at radius 2 is 1.50 bits per heavy atom. The molecule has 0 aromatic heterocycles. The van der Waals surface area contributed by atoms with Crippen molar-refractivity contribution in [1.29, 1.82) is 0 Å². The molecular weight excluding hydrogens is 492 g/mol. The molecule has 10 N–H and O–H groups in total. The van der Waals surface area contributed by atoms with E-state index in [1.165, 1.54) is 0 Å².